The Morgan fingerprint density at radius 2 is 2.43 bits per heavy atom. The fourth-order valence-electron chi connectivity index (χ4n) is 2.40. The number of hydrogen-bond donors (Lipinski definition) is 3. The summed E-state index contributed by atoms with van der Waals surface area (Å²) in [6.07, 6.45) is 3.84. The number of nitrogens with one attached hydrogen (secondary N) is 3. The van der Waals surface area contributed by atoms with Gasteiger partial charge in [-0.1, -0.05) is 0 Å². The van der Waals surface area contributed by atoms with E-state index in [9.17, 15) is 4.79 Å². The molecule has 2 atom stereocenters. The molecule has 3 N–H and O–H groups in total. The summed E-state index contributed by atoms with van der Waals surface area (Å²) in [6.45, 7) is 4.50. The predicted octanol–water partition coefficient (Wildman–Crippen LogP) is 0.448. The number of carbonyl (C=O) groups excluding carboxylic acids is 1. The second-order valence-corrected chi connectivity index (χ2v) is 4.34. The third kappa shape index (κ3) is 1.85. The molecule has 2 fully saturated rings. The monoisotopic (exact) mass is 197 g/mol. The maximum Gasteiger partial charge on any atom is 0.314 e. The number of fused-ring (bicyclic) bond motifs is 1. The third-order valence-electron chi connectivity index (χ3n) is 3.34. The van der Waals surface area contributed by atoms with Gasteiger partial charge in [0.05, 0.1) is 0 Å². The van der Waals surface area contributed by atoms with Crippen molar-refractivity contribution in [1.29, 1.82) is 0 Å². The third-order valence-corrected chi connectivity index (χ3v) is 3.34. The van der Waals surface area contributed by atoms with E-state index >= 15 is 0 Å². The lowest BCUT2D eigenvalue weighted by atomic mass is 10.1. The zero-order valence-electron chi connectivity index (χ0n) is 8.73. The number of amides is 2. The normalized spacial score (nSPS) is 34.5. The molecule has 0 bridgehead atoms. The van der Waals surface area contributed by atoms with E-state index < -0.39 is 0 Å². The average Bonchev–Trinajstić information content (AvgIpc) is 2.90. The molecule has 0 aromatic heterocycles. The lowest BCUT2D eigenvalue weighted by molar-refractivity contribution is 0.238. The predicted molar refractivity (Wildman–Crippen MR) is 55.2 cm³/mol. The maximum atomic E-state index is 11.2. The van der Waals surface area contributed by atoms with Crippen LogP contribution in [0, 0.1) is 5.92 Å². The van der Waals surface area contributed by atoms with Crippen LogP contribution in [0.15, 0.2) is 0 Å². The standard InChI is InChI=1S/C10H19N3O/c1-2-11-9(14)12-7-10-6-8(10)4-3-5-13-10/h8,13H,2-7H2,1H3,(H2,11,12,14). The van der Waals surface area contributed by atoms with Crippen molar-refractivity contribution < 1.29 is 4.79 Å². The van der Waals surface area contributed by atoms with Crippen molar-refractivity contribution in [2.75, 3.05) is 19.6 Å². The largest absolute Gasteiger partial charge is 0.338 e. The molecule has 0 aromatic rings. The van der Waals surface area contributed by atoms with E-state index in [2.05, 4.69) is 16.0 Å². The van der Waals surface area contributed by atoms with Crippen molar-refractivity contribution in [3.63, 3.8) is 0 Å². The molecule has 0 spiro atoms. The summed E-state index contributed by atoms with van der Waals surface area (Å²) in [7, 11) is 0. The fraction of sp³-hybridized carbons (Fsp3) is 0.900. The Labute approximate surface area is 84.8 Å². The van der Waals surface area contributed by atoms with Gasteiger partial charge >= 0.3 is 6.03 Å². The van der Waals surface area contributed by atoms with Gasteiger partial charge in [0.25, 0.3) is 0 Å². The van der Waals surface area contributed by atoms with E-state index in [1.165, 1.54) is 19.3 Å². The van der Waals surface area contributed by atoms with Gasteiger partial charge in [0.2, 0.25) is 0 Å². The first-order valence-corrected chi connectivity index (χ1v) is 5.53. The summed E-state index contributed by atoms with van der Waals surface area (Å²) >= 11 is 0. The highest BCUT2D eigenvalue weighted by Gasteiger charge is 2.54. The molecule has 0 aromatic carbocycles. The van der Waals surface area contributed by atoms with Crippen molar-refractivity contribution in [1.82, 2.24) is 16.0 Å². The van der Waals surface area contributed by atoms with Crippen LogP contribution in [0.25, 0.3) is 0 Å². The Hall–Kier alpha value is -0.770. The van der Waals surface area contributed by atoms with Crippen LogP contribution in [-0.2, 0) is 0 Å². The first-order valence-electron chi connectivity index (χ1n) is 5.53. The van der Waals surface area contributed by atoms with Crippen LogP contribution in [0.4, 0.5) is 4.79 Å². The highest BCUT2D eigenvalue weighted by molar-refractivity contribution is 5.73. The quantitative estimate of drug-likeness (QED) is 0.615. The summed E-state index contributed by atoms with van der Waals surface area (Å²) in [6, 6.07) is -0.0418. The van der Waals surface area contributed by atoms with Gasteiger partial charge in [0, 0.05) is 18.6 Å². The van der Waals surface area contributed by atoms with Crippen molar-refractivity contribution in [2.24, 2.45) is 5.92 Å². The van der Waals surface area contributed by atoms with E-state index in [0.717, 1.165) is 19.0 Å². The van der Waals surface area contributed by atoms with Crippen LogP contribution in [-0.4, -0.2) is 31.2 Å². The number of piperidine rings is 1. The number of urea groups is 1. The topological polar surface area (TPSA) is 53.2 Å². The van der Waals surface area contributed by atoms with Gasteiger partial charge in [-0.3, -0.25) is 0 Å². The molecule has 4 nitrogen and oxygen atoms in total. The molecule has 14 heavy (non-hydrogen) atoms. The van der Waals surface area contributed by atoms with Crippen LogP contribution in [0.1, 0.15) is 26.2 Å². The Balaban J connectivity index is 1.73. The lowest BCUT2D eigenvalue weighted by Crippen LogP contribution is -2.49. The molecule has 2 amide bonds. The van der Waals surface area contributed by atoms with E-state index in [4.69, 9.17) is 0 Å². The van der Waals surface area contributed by atoms with E-state index in [1.54, 1.807) is 0 Å². The summed E-state index contributed by atoms with van der Waals surface area (Å²) < 4.78 is 0. The van der Waals surface area contributed by atoms with Crippen molar-refractivity contribution in [2.45, 2.75) is 31.7 Å². The second kappa shape index (κ2) is 3.77. The molecule has 1 aliphatic heterocycles. The molecular weight excluding hydrogens is 178 g/mol. The smallest absolute Gasteiger partial charge is 0.314 e. The Morgan fingerprint density at radius 3 is 3.14 bits per heavy atom. The zero-order chi connectivity index (χ0) is 10.0. The number of rotatable bonds is 3. The van der Waals surface area contributed by atoms with Crippen LogP contribution < -0.4 is 16.0 Å². The fourth-order valence-corrected chi connectivity index (χ4v) is 2.40. The molecule has 1 saturated carbocycles. The maximum absolute atomic E-state index is 11.2. The van der Waals surface area contributed by atoms with Gasteiger partial charge in [-0.05, 0) is 38.6 Å². The molecule has 80 valence electrons. The Kier molecular flexibility index (Phi) is 2.63. The SMILES string of the molecule is CCNC(=O)NCC12CC1CCCN2. The lowest BCUT2D eigenvalue weighted by Gasteiger charge is -2.24. The number of carbonyl (C=O) groups is 1. The summed E-state index contributed by atoms with van der Waals surface area (Å²) in [5.74, 6) is 0.804. The molecule has 4 heteroatoms. The van der Waals surface area contributed by atoms with E-state index in [-0.39, 0.29) is 11.6 Å². The Morgan fingerprint density at radius 1 is 1.57 bits per heavy atom. The average molecular weight is 197 g/mol. The molecule has 2 aliphatic rings. The first-order chi connectivity index (χ1) is 6.77. The van der Waals surface area contributed by atoms with Crippen LogP contribution in [0.5, 0.6) is 0 Å². The molecule has 1 aliphatic carbocycles. The summed E-state index contributed by atoms with van der Waals surface area (Å²) in [5, 5.41) is 9.19. The van der Waals surface area contributed by atoms with Crippen molar-refractivity contribution in [3.8, 4) is 0 Å². The van der Waals surface area contributed by atoms with Crippen molar-refractivity contribution in [3.05, 3.63) is 0 Å². The second-order valence-electron chi connectivity index (χ2n) is 4.34. The van der Waals surface area contributed by atoms with Gasteiger partial charge in [-0.25, -0.2) is 4.79 Å². The van der Waals surface area contributed by atoms with Crippen molar-refractivity contribution >= 4 is 6.03 Å². The van der Waals surface area contributed by atoms with E-state index in [0.29, 0.717) is 6.54 Å². The van der Waals surface area contributed by atoms with Crippen LogP contribution >= 0.6 is 0 Å². The molecule has 1 heterocycles. The van der Waals surface area contributed by atoms with Gasteiger partial charge in [0.1, 0.15) is 0 Å². The number of hydrogen-bond acceptors (Lipinski definition) is 2. The molecule has 2 unspecified atom stereocenters. The highest BCUT2D eigenvalue weighted by atomic mass is 16.2. The van der Waals surface area contributed by atoms with E-state index in [1.807, 2.05) is 6.92 Å². The highest BCUT2D eigenvalue weighted by Crippen LogP contribution is 2.48. The van der Waals surface area contributed by atoms with Crippen LogP contribution in [0.3, 0.4) is 0 Å². The van der Waals surface area contributed by atoms with Gasteiger partial charge in [0.15, 0.2) is 0 Å². The van der Waals surface area contributed by atoms with Crippen LogP contribution in [0.2, 0.25) is 0 Å². The van der Waals surface area contributed by atoms with Gasteiger partial charge in [-0.2, -0.15) is 0 Å². The van der Waals surface area contributed by atoms with Gasteiger partial charge in [-0.15, -0.1) is 0 Å². The summed E-state index contributed by atoms with van der Waals surface area (Å²) in [5.41, 5.74) is 0.253. The van der Waals surface area contributed by atoms with Gasteiger partial charge < -0.3 is 16.0 Å². The first kappa shape index (κ1) is 9.77. The molecule has 2 rings (SSSR count). The minimum atomic E-state index is -0.0418. The molecule has 1 saturated heterocycles. The summed E-state index contributed by atoms with van der Waals surface area (Å²) in [4.78, 5) is 11.2. The zero-order valence-corrected chi connectivity index (χ0v) is 8.73. The molecule has 0 radical (unpaired) electrons. The molecular formula is C10H19N3O. The minimum Gasteiger partial charge on any atom is -0.338 e. The Bertz CT molecular complexity index is 231. The minimum absolute atomic E-state index is 0.0418.